The van der Waals surface area contributed by atoms with Crippen molar-refractivity contribution in [3.8, 4) is 11.1 Å². The molecule has 2 amide bonds. The van der Waals surface area contributed by atoms with Gasteiger partial charge < -0.3 is 20.1 Å². The SMILES string of the molecule is CC(C)C(NC(=O)OCC1c2ccccc2-c2ccccc21)C(=O)N(C)[C@@H](C)C(=O)O. The summed E-state index contributed by atoms with van der Waals surface area (Å²) in [5, 5.41) is 11.8. The fourth-order valence-corrected chi connectivity index (χ4v) is 3.86. The van der Waals surface area contributed by atoms with Gasteiger partial charge in [0.25, 0.3) is 0 Å². The molecule has 164 valence electrons. The van der Waals surface area contributed by atoms with Crippen molar-refractivity contribution in [1.29, 1.82) is 0 Å². The number of nitrogens with zero attached hydrogens (tertiary/aromatic N) is 1. The summed E-state index contributed by atoms with van der Waals surface area (Å²) in [5.74, 6) is -1.91. The highest BCUT2D eigenvalue weighted by molar-refractivity contribution is 5.89. The minimum Gasteiger partial charge on any atom is -0.480 e. The molecule has 31 heavy (non-hydrogen) atoms. The van der Waals surface area contributed by atoms with E-state index >= 15 is 0 Å². The fraction of sp³-hybridized carbons (Fsp3) is 0.375. The van der Waals surface area contributed by atoms with Crippen molar-refractivity contribution in [2.75, 3.05) is 13.7 Å². The van der Waals surface area contributed by atoms with E-state index in [4.69, 9.17) is 9.84 Å². The van der Waals surface area contributed by atoms with Gasteiger partial charge in [-0.1, -0.05) is 62.4 Å². The van der Waals surface area contributed by atoms with Gasteiger partial charge in [-0.25, -0.2) is 9.59 Å². The van der Waals surface area contributed by atoms with Gasteiger partial charge in [0.1, 0.15) is 18.7 Å². The summed E-state index contributed by atoms with van der Waals surface area (Å²) in [4.78, 5) is 37.6. The zero-order chi connectivity index (χ0) is 22.7. The summed E-state index contributed by atoms with van der Waals surface area (Å²) in [5.41, 5.74) is 4.46. The lowest BCUT2D eigenvalue weighted by molar-refractivity contribution is -0.149. The standard InChI is InChI=1S/C24H28N2O5/c1-14(2)21(22(27)26(4)15(3)23(28)29)25-24(30)31-13-20-18-11-7-5-9-16(18)17-10-6-8-12-19(17)20/h5-12,14-15,20-21H,13H2,1-4H3,(H,25,30)(H,28,29)/t15-,21?/m0/s1. The van der Waals surface area contributed by atoms with E-state index in [0.717, 1.165) is 27.2 Å². The second-order valence-electron chi connectivity index (χ2n) is 8.15. The molecule has 0 aromatic heterocycles. The predicted molar refractivity (Wildman–Crippen MR) is 117 cm³/mol. The maximum absolute atomic E-state index is 12.7. The van der Waals surface area contributed by atoms with Gasteiger partial charge in [0.05, 0.1) is 0 Å². The van der Waals surface area contributed by atoms with Crippen LogP contribution in [0.2, 0.25) is 0 Å². The summed E-state index contributed by atoms with van der Waals surface area (Å²) in [6.07, 6.45) is -0.703. The largest absolute Gasteiger partial charge is 0.480 e. The Bertz CT molecular complexity index is 942. The number of carboxylic acid groups (broad SMARTS) is 1. The lowest BCUT2D eigenvalue weighted by Crippen LogP contribution is -2.53. The van der Waals surface area contributed by atoms with Crippen LogP contribution in [0, 0.1) is 5.92 Å². The van der Waals surface area contributed by atoms with Gasteiger partial charge in [0, 0.05) is 13.0 Å². The van der Waals surface area contributed by atoms with Crippen LogP contribution in [0.3, 0.4) is 0 Å². The zero-order valence-corrected chi connectivity index (χ0v) is 18.2. The van der Waals surface area contributed by atoms with Gasteiger partial charge in [-0.3, -0.25) is 4.79 Å². The Kier molecular flexibility index (Phi) is 6.63. The molecule has 0 saturated carbocycles. The molecule has 1 aliphatic carbocycles. The highest BCUT2D eigenvalue weighted by Crippen LogP contribution is 2.44. The number of nitrogens with one attached hydrogen (secondary N) is 1. The average molecular weight is 424 g/mol. The number of ether oxygens (including phenoxy) is 1. The molecule has 1 unspecified atom stereocenters. The van der Waals surface area contributed by atoms with Crippen LogP contribution in [0.4, 0.5) is 4.79 Å². The van der Waals surface area contributed by atoms with Crippen LogP contribution < -0.4 is 5.32 Å². The minimum atomic E-state index is -1.11. The second kappa shape index (κ2) is 9.20. The van der Waals surface area contributed by atoms with Gasteiger partial charge in [-0.2, -0.15) is 0 Å². The van der Waals surface area contributed by atoms with Crippen molar-refractivity contribution in [3.05, 3.63) is 59.7 Å². The first-order chi connectivity index (χ1) is 14.7. The Morgan fingerprint density at radius 2 is 1.52 bits per heavy atom. The van der Waals surface area contributed by atoms with E-state index in [1.807, 2.05) is 36.4 Å². The van der Waals surface area contributed by atoms with E-state index in [2.05, 4.69) is 17.4 Å². The molecule has 3 rings (SSSR count). The van der Waals surface area contributed by atoms with Crippen LogP contribution in [0.15, 0.2) is 48.5 Å². The third-order valence-corrected chi connectivity index (χ3v) is 5.84. The lowest BCUT2D eigenvalue weighted by Gasteiger charge is -2.29. The molecule has 0 aliphatic heterocycles. The molecular formula is C24H28N2O5. The van der Waals surface area contributed by atoms with Crippen molar-refractivity contribution in [1.82, 2.24) is 10.2 Å². The maximum Gasteiger partial charge on any atom is 0.407 e. The van der Waals surface area contributed by atoms with E-state index in [1.165, 1.54) is 14.0 Å². The fourth-order valence-electron chi connectivity index (χ4n) is 3.86. The Morgan fingerprint density at radius 1 is 1.00 bits per heavy atom. The number of benzene rings is 2. The lowest BCUT2D eigenvalue weighted by atomic mass is 9.98. The van der Waals surface area contributed by atoms with Crippen molar-refractivity contribution in [3.63, 3.8) is 0 Å². The van der Waals surface area contributed by atoms with Crippen LogP contribution in [-0.2, 0) is 14.3 Å². The summed E-state index contributed by atoms with van der Waals surface area (Å²) >= 11 is 0. The number of amides is 2. The smallest absolute Gasteiger partial charge is 0.407 e. The first-order valence-corrected chi connectivity index (χ1v) is 10.3. The molecule has 7 heteroatoms. The molecule has 0 heterocycles. The molecule has 0 bridgehead atoms. The van der Waals surface area contributed by atoms with Crippen LogP contribution >= 0.6 is 0 Å². The summed E-state index contributed by atoms with van der Waals surface area (Å²) < 4.78 is 5.52. The zero-order valence-electron chi connectivity index (χ0n) is 18.2. The molecule has 2 aromatic rings. The highest BCUT2D eigenvalue weighted by Gasteiger charge is 2.33. The molecule has 2 atom stereocenters. The number of carbonyl (C=O) groups excluding carboxylic acids is 2. The Hall–Kier alpha value is -3.35. The van der Waals surface area contributed by atoms with Crippen LogP contribution in [-0.4, -0.2) is 53.7 Å². The van der Waals surface area contributed by atoms with Crippen LogP contribution in [0.1, 0.15) is 37.8 Å². The predicted octanol–water partition coefficient (Wildman–Crippen LogP) is 3.48. The third kappa shape index (κ3) is 4.55. The van der Waals surface area contributed by atoms with E-state index in [-0.39, 0.29) is 18.4 Å². The first-order valence-electron chi connectivity index (χ1n) is 10.3. The number of alkyl carbamates (subject to hydrolysis) is 1. The van der Waals surface area contributed by atoms with Gasteiger partial charge in [0.15, 0.2) is 0 Å². The van der Waals surface area contributed by atoms with Crippen LogP contribution in [0.5, 0.6) is 0 Å². The number of hydrogen-bond donors (Lipinski definition) is 2. The number of fused-ring (bicyclic) bond motifs is 3. The molecule has 2 N–H and O–H groups in total. The monoisotopic (exact) mass is 424 g/mol. The van der Waals surface area contributed by atoms with Gasteiger partial charge in [0.2, 0.25) is 5.91 Å². The minimum absolute atomic E-state index is 0.0824. The molecule has 7 nitrogen and oxygen atoms in total. The normalized spacial score (nSPS) is 14.4. The number of hydrogen-bond acceptors (Lipinski definition) is 4. The summed E-state index contributed by atoms with van der Waals surface area (Å²) in [6, 6.07) is 14.2. The number of aliphatic carboxylic acids is 1. The Morgan fingerprint density at radius 3 is 2.00 bits per heavy atom. The van der Waals surface area contributed by atoms with Crippen molar-refractivity contribution >= 4 is 18.0 Å². The van der Waals surface area contributed by atoms with Crippen molar-refractivity contribution < 1.29 is 24.2 Å². The Balaban J connectivity index is 1.69. The van der Waals surface area contributed by atoms with E-state index < -0.39 is 30.1 Å². The Labute approximate surface area is 182 Å². The third-order valence-electron chi connectivity index (χ3n) is 5.84. The van der Waals surface area contributed by atoms with E-state index in [9.17, 15) is 14.4 Å². The topological polar surface area (TPSA) is 95.9 Å². The first kappa shape index (κ1) is 22.3. The molecule has 0 spiro atoms. The van der Waals surface area contributed by atoms with Gasteiger partial charge in [-0.15, -0.1) is 0 Å². The van der Waals surface area contributed by atoms with Crippen molar-refractivity contribution in [2.45, 2.75) is 38.8 Å². The molecule has 0 fully saturated rings. The number of rotatable bonds is 7. The van der Waals surface area contributed by atoms with E-state index in [1.54, 1.807) is 13.8 Å². The molecular weight excluding hydrogens is 396 g/mol. The molecule has 1 aliphatic rings. The number of carboxylic acids is 1. The average Bonchev–Trinajstić information content (AvgIpc) is 3.08. The number of carbonyl (C=O) groups is 3. The second-order valence-corrected chi connectivity index (χ2v) is 8.15. The molecule has 0 radical (unpaired) electrons. The van der Waals surface area contributed by atoms with Gasteiger partial charge >= 0.3 is 12.1 Å². The molecule has 2 aromatic carbocycles. The summed E-state index contributed by atoms with van der Waals surface area (Å²) in [6.45, 7) is 5.13. The quantitative estimate of drug-likeness (QED) is 0.709. The van der Waals surface area contributed by atoms with Crippen LogP contribution in [0.25, 0.3) is 11.1 Å². The summed E-state index contributed by atoms with van der Waals surface area (Å²) in [7, 11) is 1.41. The highest BCUT2D eigenvalue weighted by atomic mass is 16.5. The maximum atomic E-state index is 12.7. The molecule has 0 saturated heterocycles. The number of likely N-dealkylation sites (N-methyl/N-ethyl adjacent to an activating group) is 1. The van der Waals surface area contributed by atoms with Gasteiger partial charge in [-0.05, 0) is 35.1 Å². The van der Waals surface area contributed by atoms with Crippen molar-refractivity contribution in [2.24, 2.45) is 5.92 Å². The van der Waals surface area contributed by atoms with E-state index in [0.29, 0.717) is 0 Å².